The van der Waals surface area contributed by atoms with Gasteiger partial charge in [0.25, 0.3) is 0 Å². The molecule has 0 aliphatic heterocycles. The molecule has 2 aromatic carbocycles. The number of para-hydroxylation sites is 1. The summed E-state index contributed by atoms with van der Waals surface area (Å²) in [5.74, 6) is -0.361. The van der Waals surface area contributed by atoms with E-state index in [4.69, 9.17) is 4.74 Å². The zero-order valence-electron chi connectivity index (χ0n) is 13.0. The molecule has 24 heavy (non-hydrogen) atoms. The number of nitrogens with zero attached hydrogens (tertiary/aromatic N) is 2. The van der Waals surface area contributed by atoms with Gasteiger partial charge in [0.1, 0.15) is 5.01 Å². The molecule has 0 saturated carbocycles. The summed E-state index contributed by atoms with van der Waals surface area (Å²) in [4.78, 5) is 21.4. The van der Waals surface area contributed by atoms with Gasteiger partial charge in [0, 0.05) is 11.6 Å². The Kier molecular flexibility index (Phi) is 3.70. The van der Waals surface area contributed by atoms with Crippen LogP contribution in [0, 0.1) is 0 Å². The van der Waals surface area contributed by atoms with Gasteiger partial charge in [-0.3, -0.25) is 4.98 Å². The third kappa shape index (κ3) is 2.63. The molecule has 0 aliphatic rings. The number of hydrogen-bond donors (Lipinski definition) is 0. The molecule has 0 amide bonds. The number of aromatic nitrogens is 2. The quantitative estimate of drug-likeness (QED) is 0.507. The lowest BCUT2D eigenvalue weighted by molar-refractivity contribution is 0.0340. The summed E-state index contributed by atoms with van der Waals surface area (Å²) in [5, 5.41) is 1.59. The fourth-order valence-electron chi connectivity index (χ4n) is 2.62. The number of thiazole rings is 1. The maximum atomic E-state index is 12.6. The SMILES string of the molecule is C[C@@H](OC(=O)c1cccc2ncccc12)c1nc2ccccc2s1. The van der Waals surface area contributed by atoms with Crippen LogP contribution in [-0.4, -0.2) is 15.9 Å². The summed E-state index contributed by atoms with van der Waals surface area (Å²) >= 11 is 1.55. The Bertz CT molecular complexity index is 1000. The van der Waals surface area contributed by atoms with Gasteiger partial charge in [0.05, 0.1) is 21.3 Å². The van der Waals surface area contributed by atoms with Crippen LogP contribution in [0.3, 0.4) is 0 Å². The highest BCUT2D eigenvalue weighted by Gasteiger charge is 2.19. The van der Waals surface area contributed by atoms with E-state index in [0.717, 1.165) is 26.1 Å². The van der Waals surface area contributed by atoms with Crippen LogP contribution in [0.1, 0.15) is 28.4 Å². The number of benzene rings is 2. The molecule has 0 bridgehead atoms. The lowest BCUT2D eigenvalue weighted by Crippen LogP contribution is -2.09. The van der Waals surface area contributed by atoms with Crippen molar-refractivity contribution in [2.45, 2.75) is 13.0 Å². The van der Waals surface area contributed by atoms with E-state index >= 15 is 0 Å². The first-order valence-corrected chi connectivity index (χ1v) is 8.44. The van der Waals surface area contributed by atoms with Gasteiger partial charge < -0.3 is 4.74 Å². The molecule has 0 saturated heterocycles. The first kappa shape index (κ1) is 14.8. The van der Waals surface area contributed by atoms with Crippen molar-refractivity contribution in [2.24, 2.45) is 0 Å². The number of hydrogen-bond acceptors (Lipinski definition) is 5. The van der Waals surface area contributed by atoms with Gasteiger partial charge in [0.2, 0.25) is 0 Å². The summed E-state index contributed by atoms with van der Waals surface area (Å²) in [6.45, 7) is 1.85. The lowest BCUT2D eigenvalue weighted by atomic mass is 10.1. The van der Waals surface area contributed by atoms with Crippen LogP contribution in [0.2, 0.25) is 0 Å². The summed E-state index contributed by atoms with van der Waals surface area (Å²) < 4.78 is 6.73. The maximum Gasteiger partial charge on any atom is 0.339 e. The van der Waals surface area contributed by atoms with Crippen LogP contribution in [0.15, 0.2) is 60.8 Å². The van der Waals surface area contributed by atoms with Crippen LogP contribution in [0.25, 0.3) is 21.1 Å². The van der Waals surface area contributed by atoms with E-state index in [1.807, 2.05) is 55.5 Å². The Balaban J connectivity index is 1.63. The molecule has 4 aromatic rings. The molecule has 0 aliphatic carbocycles. The summed E-state index contributed by atoms with van der Waals surface area (Å²) in [5.41, 5.74) is 2.22. The van der Waals surface area contributed by atoms with Gasteiger partial charge in [-0.25, -0.2) is 9.78 Å². The van der Waals surface area contributed by atoms with Gasteiger partial charge in [0.15, 0.2) is 6.10 Å². The third-order valence-electron chi connectivity index (χ3n) is 3.81. The van der Waals surface area contributed by atoms with E-state index in [-0.39, 0.29) is 5.97 Å². The minimum absolute atomic E-state index is 0.361. The highest BCUT2D eigenvalue weighted by molar-refractivity contribution is 7.18. The Morgan fingerprint density at radius 1 is 1.04 bits per heavy atom. The van der Waals surface area contributed by atoms with E-state index in [0.29, 0.717) is 5.56 Å². The Morgan fingerprint density at radius 2 is 1.88 bits per heavy atom. The molecule has 5 heteroatoms. The number of carbonyl (C=O) groups excluding carboxylic acids is 1. The number of pyridine rings is 1. The van der Waals surface area contributed by atoms with Crippen molar-refractivity contribution in [3.8, 4) is 0 Å². The fourth-order valence-corrected chi connectivity index (χ4v) is 3.57. The first-order chi connectivity index (χ1) is 11.7. The van der Waals surface area contributed by atoms with Gasteiger partial charge in [-0.1, -0.05) is 24.3 Å². The minimum atomic E-state index is -0.401. The molecule has 0 N–H and O–H groups in total. The normalized spacial score (nSPS) is 12.4. The molecular weight excluding hydrogens is 320 g/mol. The second-order valence-corrected chi connectivity index (χ2v) is 6.51. The number of fused-ring (bicyclic) bond motifs is 2. The second-order valence-electron chi connectivity index (χ2n) is 5.44. The van der Waals surface area contributed by atoms with E-state index < -0.39 is 6.10 Å². The van der Waals surface area contributed by atoms with E-state index in [1.165, 1.54) is 0 Å². The van der Waals surface area contributed by atoms with Crippen molar-refractivity contribution in [1.82, 2.24) is 9.97 Å². The van der Waals surface area contributed by atoms with Crippen LogP contribution in [-0.2, 0) is 4.74 Å². The minimum Gasteiger partial charge on any atom is -0.452 e. The number of rotatable bonds is 3. The molecule has 1 atom stereocenters. The lowest BCUT2D eigenvalue weighted by Gasteiger charge is -2.11. The zero-order chi connectivity index (χ0) is 16.5. The smallest absolute Gasteiger partial charge is 0.339 e. The third-order valence-corrected chi connectivity index (χ3v) is 5.01. The van der Waals surface area contributed by atoms with Crippen LogP contribution >= 0.6 is 11.3 Å². The highest BCUT2D eigenvalue weighted by Crippen LogP contribution is 2.29. The average molecular weight is 334 g/mol. The molecule has 0 unspecified atom stereocenters. The predicted molar refractivity (Wildman–Crippen MR) is 95.2 cm³/mol. The monoisotopic (exact) mass is 334 g/mol. The molecule has 118 valence electrons. The zero-order valence-corrected chi connectivity index (χ0v) is 13.8. The number of esters is 1. The fraction of sp³-hybridized carbons (Fsp3) is 0.105. The van der Waals surface area contributed by atoms with Crippen LogP contribution < -0.4 is 0 Å². The van der Waals surface area contributed by atoms with Gasteiger partial charge in [-0.15, -0.1) is 11.3 Å². The second kappa shape index (κ2) is 6.02. The van der Waals surface area contributed by atoms with Crippen molar-refractivity contribution in [3.05, 3.63) is 71.4 Å². The summed E-state index contributed by atoms with van der Waals surface area (Å²) in [6.07, 6.45) is 1.31. The Morgan fingerprint density at radius 3 is 2.75 bits per heavy atom. The van der Waals surface area contributed by atoms with Crippen molar-refractivity contribution < 1.29 is 9.53 Å². The van der Waals surface area contributed by atoms with E-state index in [1.54, 1.807) is 23.6 Å². The van der Waals surface area contributed by atoms with Crippen molar-refractivity contribution in [1.29, 1.82) is 0 Å². The van der Waals surface area contributed by atoms with Gasteiger partial charge >= 0.3 is 5.97 Å². The van der Waals surface area contributed by atoms with Crippen molar-refractivity contribution >= 4 is 38.4 Å². The molecule has 2 aromatic heterocycles. The molecule has 4 rings (SSSR count). The van der Waals surface area contributed by atoms with Gasteiger partial charge in [-0.2, -0.15) is 0 Å². The topological polar surface area (TPSA) is 52.1 Å². The number of carbonyl (C=O) groups is 1. The van der Waals surface area contributed by atoms with Crippen molar-refractivity contribution in [3.63, 3.8) is 0 Å². The Hall–Kier alpha value is -2.79. The summed E-state index contributed by atoms with van der Waals surface area (Å²) in [6, 6.07) is 17.0. The van der Waals surface area contributed by atoms with E-state index in [9.17, 15) is 4.79 Å². The largest absolute Gasteiger partial charge is 0.452 e. The average Bonchev–Trinajstić information content (AvgIpc) is 3.05. The van der Waals surface area contributed by atoms with Gasteiger partial charge in [-0.05, 0) is 37.3 Å². The first-order valence-electron chi connectivity index (χ1n) is 7.62. The molecule has 2 heterocycles. The maximum absolute atomic E-state index is 12.6. The molecule has 0 radical (unpaired) electrons. The molecule has 0 fully saturated rings. The standard InChI is InChI=1S/C19H14N2O2S/c1-12(18-21-16-8-2-3-10-17(16)24-18)23-19(22)14-6-4-9-15-13(14)7-5-11-20-15/h2-12H,1H3/t12-/m1/s1. The molecule has 0 spiro atoms. The van der Waals surface area contributed by atoms with Crippen molar-refractivity contribution in [2.75, 3.05) is 0 Å². The highest BCUT2D eigenvalue weighted by atomic mass is 32.1. The number of ether oxygens (including phenoxy) is 1. The van der Waals surface area contributed by atoms with Crippen LogP contribution in [0.5, 0.6) is 0 Å². The summed E-state index contributed by atoms with van der Waals surface area (Å²) in [7, 11) is 0. The Labute approximate surface area is 142 Å². The van der Waals surface area contributed by atoms with Crippen LogP contribution in [0.4, 0.5) is 0 Å². The van der Waals surface area contributed by atoms with E-state index in [2.05, 4.69) is 9.97 Å². The molecule has 4 nitrogen and oxygen atoms in total. The predicted octanol–water partition coefficient (Wildman–Crippen LogP) is 4.76. The molecular formula is C19H14N2O2S.